The van der Waals surface area contributed by atoms with Crippen LogP contribution >= 0.6 is 0 Å². The van der Waals surface area contributed by atoms with Gasteiger partial charge in [0.25, 0.3) is 0 Å². The van der Waals surface area contributed by atoms with Crippen molar-refractivity contribution in [3.63, 3.8) is 0 Å². The maximum atomic E-state index is 2.72. The average Bonchev–Trinajstić information content (AvgIpc) is 3.33. The monoisotopic (exact) mass is 971 g/mol. The Bertz CT molecular complexity index is 1310. The lowest BCUT2D eigenvalue weighted by Crippen LogP contribution is -3.00. The molecule has 388 valence electrons. The SMILES string of the molecule is CCCCCCCCc1cc(CCCCCCCC)cc([S+](c2cc(CCCCCCCC)cc(CCCCCCCC)c2)c2cc(CCCCCCCC)cc(CCCCCCCC)c2)c1.[Cl-]. The Morgan fingerprint density at radius 1 is 0.206 bits per heavy atom. The molecular weight excluding hydrogens is 860 g/mol. The smallest absolute Gasteiger partial charge is 0.167 e. The van der Waals surface area contributed by atoms with Gasteiger partial charge in [-0.1, -0.05) is 252 Å². The molecule has 3 rings (SSSR count). The summed E-state index contributed by atoms with van der Waals surface area (Å²) in [6.45, 7) is 14.1. The standard InChI is InChI=1S/C66H111S.ClH/c1-7-13-19-25-31-37-43-58-49-59(44-38-32-26-20-14-8-2)53-64(52-58)67(65-54-60(45-39-33-27-21-15-9-3)50-61(55-65)46-40-34-28-22-16-10-4)66-56-62(47-41-35-29-23-17-11-5)51-63(57-66)48-42-36-30-24-18-12-6;/h49-57H,7-48H2,1-6H3;1H/q+1;/p-1. The van der Waals surface area contributed by atoms with Gasteiger partial charge in [0.2, 0.25) is 0 Å². The van der Waals surface area contributed by atoms with E-state index in [0.717, 1.165) is 0 Å². The summed E-state index contributed by atoms with van der Waals surface area (Å²) in [7, 11) is -0.146. The van der Waals surface area contributed by atoms with E-state index in [1.807, 2.05) is 0 Å². The van der Waals surface area contributed by atoms with Gasteiger partial charge in [0, 0.05) is 0 Å². The van der Waals surface area contributed by atoms with Gasteiger partial charge in [-0.2, -0.15) is 0 Å². The van der Waals surface area contributed by atoms with Gasteiger partial charge in [0.1, 0.15) is 0 Å². The molecule has 0 bridgehead atoms. The number of unbranched alkanes of at least 4 members (excludes halogenated alkanes) is 30. The summed E-state index contributed by atoms with van der Waals surface area (Å²) in [6.07, 6.45) is 56.5. The molecule has 0 spiro atoms. The number of hydrogen-bond donors (Lipinski definition) is 0. The molecule has 3 aromatic rings. The fourth-order valence-corrected chi connectivity index (χ4v) is 12.9. The highest BCUT2D eigenvalue weighted by Gasteiger charge is 2.32. The molecule has 0 aliphatic heterocycles. The van der Waals surface area contributed by atoms with Gasteiger partial charge in [0.15, 0.2) is 14.7 Å². The summed E-state index contributed by atoms with van der Waals surface area (Å²) in [5.74, 6) is 0. The van der Waals surface area contributed by atoms with E-state index in [9.17, 15) is 0 Å². The van der Waals surface area contributed by atoms with Crippen molar-refractivity contribution in [2.75, 3.05) is 0 Å². The van der Waals surface area contributed by atoms with Crippen LogP contribution in [-0.2, 0) is 49.4 Å². The third-order valence-electron chi connectivity index (χ3n) is 14.7. The van der Waals surface area contributed by atoms with Crippen LogP contribution in [0.15, 0.2) is 69.3 Å². The van der Waals surface area contributed by atoms with E-state index >= 15 is 0 Å². The molecule has 0 N–H and O–H groups in total. The van der Waals surface area contributed by atoms with Crippen LogP contribution < -0.4 is 12.4 Å². The summed E-state index contributed by atoms with van der Waals surface area (Å²) < 4.78 is 0. The summed E-state index contributed by atoms with van der Waals surface area (Å²) in [5.41, 5.74) is 9.65. The molecule has 68 heavy (non-hydrogen) atoms. The van der Waals surface area contributed by atoms with Crippen molar-refractivity contribution < 1.29 is 12.4 Å². The van der Waals surface area contributed by atoms with Crippen molar-refractivity contribution in [2.24, 2.45) is 0 Å². The van der Waals surface area contributed by atoms with E-state index in [-0.39, 0.29) is 23.3 Å². The van der Waals surface area contributed by atoms with E-state index in [4.69, 9.17) is 0 Å². The van der Waals surface area contributed by atoms with E-state index in [2.05, 4.69) is 96.1 Å². The minimum absolute atomic E-state index is 0. The first-order valence-corrected chi connectivity index (χ1v) is 31.4. The van der Waals surface area contributed by atoms with Gasteiger partial charge in [-0.05, 0) is 147 Å². The number of benzene rings is 3. The van der Waals surface area contributed by atoms with Crippen LogP contribution in [0.1, 0.15) is 306 Å². The first-order valence-electron chi connectivity index (χ1n) is 30.2. The molecule has 0 heterocycles. The average molecular weight is 972 g/mol. The minimum atomic E-state index is -0.146. The van der Waals surface area contributed by atoms with Crippen molar-refractivity contribution in [1.82, 2.24) is 0 Å². The Morgan fingerprint density at radius 2 is 0.353 bits per heavy atom. The molecule has 2 heteroatoms. The van der Waals surface area contributed by atoms with E-state index < -0.39 is 0 Å². The number of aryl methyl sites for hydroxylation is 6. The molecule has 0 unspecified atom stereocenters. The van der Waals surface area contributed by atoms with Crippen LogP contribution in [-0.4, -0.2) is 0 Å². The predicted octanol–water partition coefficient (Wildman–Crippen LogP) is 19.2. The topological polar surface area (TPSA) is 0 Å². The van der Waals surface area contributed by atoms with Crippen LogP contribution in [0.25, 0.3) is 0 Å². The molecule has 0 aromatic heterocycles. The fraction of sp³-hybridized carbons (Fsp3) is 0.727. The molecule has 0 aliphatic carbocycles. The van der Waals surface area contributed by atoms with Crippen molar-refractivity contribution in [3.05, 3.63) is 88.0 Å². The summed E-state index contributed by atoms with van der Waals surface area (Å²) in [5, 5.41) is 0. The molecule has 0 saturated carbocycles. The Hall–Kier alpha value is -1.70. The van der Waals surface area contributed by atoms with Crippen LogP contribution in [0.2, 0.25) is 0 Å². The van der Waals surface area contributed by atoms with E-state index in [1.54, 1.807) is 48.1 Å². The zero-order chi connectivity index (χ0) is 47.8. The predicted molar refractivity (Wildman–Crippen MR) is 304 cm³/mol. The quantitative estimate of drug-likeness (QED) is 0.0391. The van der Waals surface area contributed by atoms with Crippen molar-refractivity contribution in [1.29, 1.82) is 0 Å². The van der Waals surface area contributed by atoms with Crippen molar-refractivity contribution in [3.8, 4) is 0 Å². The summed E-state index contributed by atoms with van der Waals surface area (Å²) in [4.78, 5) is 4.82. The molecule has 0 atom stereocenters. The zero-order valence-corrected chi connectivity index (χ0v) is 47.8. The number of hydrogen-bond acceptors (Lipinski definition) is 0. The Morgan fingerprint density at radius 3 is 0.515 bits per heavy atom. The molecule has 0 nitrogen and oxygen atoms in total. The summed E-state index contributed by atoms with van der Waals surface area (Å²) >= 11 is 0. The largest absolute Gasteiger partial charge is 1.00 e. The highest BCUT2D eigenvalue weighted by molar-refractivity contribution is 7.97. The third-order valence-corrected chi connectivity index (χ3v) is 16.8. The van der Waals surface area contributed by atoms with Crippen LogP contribution in [0.5, 0.6) is 0 Å². The summed E-state index contributed by atoms with van der Waals surface area (Å²) in [6, 6.07) is 24.3. The molecule has 0 amide bonds. The van der Waals surface area contributed by atoms with Crippen molar-refractivity contribution in [2.45, 2.75) is 326 Å². The molecule has 0 aliphatic rings. The van der Waals surface area contributed by atoms with Gasteiger partial charge in [-0.15, -0.1) is 0 Å². The van der Waals surface area contributed by atoms with Crippen LogP contribution in [0.3, 0.4) is 0 Å². The highest BCUT2D eigenvalue weighted by Crippen LogP contribution is 2.37. The van der Waals surface area contributed by atoms with Gasteiger partial charge < -0.3 is 12.4 Å². The van der Waals surface area contributed by atoms with Gasteiger partial charge in [-0.3, -0.25) is 0 Å². The first kappa shape index (κ1) is 62.4. The minimum Gasteiger partial charge on any atom is -1.00 e. The fourth-order valence-electron chi connectivity index (χ4n) is 10.5. The van der Waals surface area contributed by atoms with E-state index in [1.165, 1.54) is 270 Å². The van der Waals surface area contributed by atoms with Crippen LogP contribution in [0, 0.1) is 0 Å². The van der Waals surface area contributed by atoms with Gasteiger partial charge in [-0.25, -0.2) is 0 Å². The molecule has 0 radical (unpaired) electrons. The zero-order valence-electron chi connectivity index (χ0n) is 46.2. The van der Waals surface area contributed by atoms with E-state index in [0.29, 0.717) is 0 Å². The van der Waals surface area contributed by atoms with Crippen LogP contribution in [0.4, 0.5) is 0 Å². The molecule has 3 aromatic carbocycles. The molecular formula is C66H111ClS. The number of halogens is 1. The maximum Gasteiger partial charge on any atom is 0.167 e. The second-order valence-electron chi connectivity index (χ2n) is 21.4. The number of rotatable bonds is 45. The lowest BCUT2D eigenvalue weighted by atomic mass is 9.99. The first-order chi connectivity index (χ1) is 33.0. The lowest BCUT2D eigenvalue weighted by Gasteiger charge is -2.16. The Balaban J connectivity index is 0.0000159. The van der Waals surface area contributed by atoms with Gasteiger partial charge >= 0.3 is 0 Å². The Labute approximate surface area is 434 Å². The maximum absolute atomic E-state index is 2.72. The Kier molecular flexibility index (Phi) is 39.4. The van der Waals surface area contributed by atoms with Crippen molar-refractivity contribution >= 4 is 10.9 Å². The molecule has 0 saturated heterocycles. The second-order valence-corrected chi connectivity index (χ2v) is 23.4. The normalized spacial score (nSPS) is 11.5. The van der Waals surface area contributed by atoms with Gasteiger partial charge in [0.05, 0.1) is 10.9 Å². The second kappa shape index (κ2) is 42.9. The third kappa shape index (κ3) is 29.0. The molecule has 0 fully saturated rings. The highest BCUT2D eigenvalue weighted by atomic mass is 35.5. The lowest BCUT2D eigenvalue weighted by molar-refractivity contribution is -0.0000145.